The maximum Gasteiger partial charge on any atom is 0.214 e. The second-order valence-electron chi connectivity index (χ2n) is 6.26. The van der Waals surface area contributed by atoms with Crippen LogP contribution in [0.4, 0.5) is 0 Å². The summed E-state index contributed by atoms with van der Waals surface area (Å²) in [6.45, 7) is 10.4. The lowest BCUT2D eigenvalue weighted by atomic mass is 9.94. The zero-order valence-electron chi connectivity index (χ0n) is 11.3. The lowest BCUT2D eigenvalue weighted by Crippen LogP contribution is -2.42. The van der Waals surface area contributed by atoms with Gasteiger partial charge in [0.25, 0.3) is 0 Å². The van der Waals surface area contributed by atoms with E-state index < -0.39 is 6.41 Å². The molecule has 0 aromatic carbocycles. The third kappa shape index (κ3) is 4.81. The first-order valence-electron chi connectivity index (χ1n) is 6.40. The van der Waals surface area contributed by atoms with Crippen LogP contribution in [0.25, 0.3) is 0 Å². The maximum atomic E-state index is 9.74. The molecule has 0 radical (unpaired) electrons. The standard InChI is InChI=1S/C13H27NO2/c1-9(2)10-6-7-11(8-10)14-12(15)16-13(3,4)5/h9-12,14-15H,6-8H2,1-5H3. The highest BCUT2D eigenvalue weighted by molar-refractivity contribution is 4.82. The molecule has 3 heteroatoms. The molecule has 1 rings (SSSR count). The van der Waals surface area contributed by atoms with Gasteiger partial charge in [-0.15, -0.1) is 0 Å². The predicted molar refractivity (Wildman–Crippen MR) is 65.9 cm³/mol. The first kappa shape index (κ1) is 13.9. The molecule has 16 heavy (non-hydrogen) atoms. The van der Waals surface area contributed by atoms with Gasteiger partial charge in [-0.25, -0.2) is 0 Å². The van der Waals surface area contributed by atoms with Crippen molar-refractivity contribution < 1.29 is 9.84 Å². The first-order valence-corrected chi connectivity index (χ1v) is 6.40. The average molecular weight is 229 g/mol. The van der Waals surface area contributed by atoms with E-state index >= 15 is 0 Å². The summed E-state index contributed by atoms with van der Waals surface area (Å²) < 4.78 is 5.44. The number of rotatable bonds is 4. The van der Waals surface area contributed by atoms with E-state index in [1.54, 1.807) is 0 Å². The molecule has 1 aliphatic carbocycles. The van der Waals surface area contributed by atoms with Crippen molar-refractivity contribution in [2.45, 2.75) is 71.9 Å². The molecule has 0 heterocycles. The van der Waals surface area contributed by atoms with Gasteiger partial charge in [0, 0.05) is 6.04 Å². The van der Waals surface area contributed by atoms with E-state index in [0.29, 0.717) is 6.04 Å². The van der Waals surface area contributed by atoms with Crippen LogP contribution in [0, 0.1) is 11.8 Å². The number of ether oxygens (including phenoxy) is 1. The Morgan fingerprint density at radius 3 is 2.31 bits per heavy atom. The average Bonchev–Trinajstić information content (AvgIpc) is 2.48. The minimum atomic E-state index is -0.837. The molecule has 0 amide bonds. The normalized spacial score (nSPS) is 28.7. The third-order valence-corrected chi connectivity index (χ3v) is 3.26. The Labute approximate surface area is 99.6 Å². The lowest BCUT2D eigenvalue weighted by molar-refractivity contribution is -0.185. The highest BCUT2D eigenvalue weighted by atomic mass is 16.6. The first-order chi connectivity index (χ1) is 7.28. The van der Waals surface area contributed by atoms with Gasteiger partial charge in [-0.05, 0) is 51.9 Å². The minimum Gasteiger partial charge on any atom is -0.356 e. The Morgan fingerprint density at radius 2 is 1.88 bits per heavy atom. The van der Waals surface area contributed by atoms with Crippen LogP contribution < -0.4 is 5.32 Å². The van der Waals surface area contributed by atoms with E-state index in [0.717, 1.165) is 24.7 Å². The van der Waals surface area contributed by atoms with Crippen molar-refractivity contribution in [3.8, 4) is 0 Å². The van der Waals surface area contributed by atoms with Crippen LogP contribution in [0.2, 0.25) is 0 Å². The van der Waals surface area contributed by atoms with Crippen LogP contribution in [0.15, 0.2) is 0 Å². The van der Waals surface area contributed by atoms with Gasteiger partial charge < -0.3 is 9.84 Å². The number of aliphatic hydroxyl groups excluding tert-OH is 1. The molecule has 2 N–H and O–H groups in total. The summed E-state index contributed by atoms with van der Waals surface area (Å²) in [5, 5.41) is 12.9. The molecule has 96 valence electrons. The van der Waals surface area contributed by atoms with Gasteiger partial charge in [0.2, 0.25) is 6.41 Å². The van der Waals surface area contributed by atoms with Gasteiger partial charge >= 0.3 is 0 Å². The van der Waals surface area contributed by atoms with E-state index in [-0.39, 0.29) is 5.60 Å². The second kappa shape index (κ2) is 5.48. The highest BCUT2D eigenvalue weighted by Crippen LogP contribution is 2.31. The SMILES string of the molecule is CC(C)C1CCC(NC(O)OC(C)(C)C)C1. The number of hydrogen-bond donors (Lipinski definition) is 2. The maximum absolute atomic E-state index is 9.74. The Kier molecular flexibility index (Phi) is 4.77. The smallest absolute Gasteiger partial charge is 0.214 e. The fourth-order valence-electron chi connectivity index (χ4n) is 2.34. The van der Waals surface area contributed by atoms with Crippen molar-refractivity contribution in [3.63, 3.8) is 0 Å². The van der Waals surface area contributed by atoms with Crippen LogP contribution in [0.3, 0.4) is 0 Å². The van der Waals surface area contributed by atoms with Crippen molar-refractivity contribution in [3.05, 3.63) is 0 Å². The molecule has 0 bridgehead atoms. The Hall–Kier alpha value is -0.120. The number of hydrogen-bond acceptors (Lipinski definition) is 3. The monoisotopic (exact) mass is 229 g/mol. The quantitative estimate of drug-likeness (QED) is 0.728. The molecule has 0 aromatic heterocycles. The molecule has 1 fully saturated rings. The molecule has 0 aromatic rings. The van der Waals surface area contributed by atoms with Crippen molar-refractivity contribution in [2.75, 3.05) is 0 Å². The van der Waals surface area contributed by atoms with Crippen LogP contribution in [-0.2, 0) is 4.74 Å². The summed E-state index contributed by atoms with van der Waals surface area (Å²) in [6, 6.07) is 0.407. The van der Waals surface area contributed by atoms with Gasteiger partial charge in [-0.3, -0.25) is 5.32 Å². The van der Waals surface area contributed by atoms with Crippen molar-refractivity contribution in [1.29, 1.82) is 0 Å². The van der Waals surface area contributed by atoms with Gasteiger partial charge in [-0.2, -0.15) is 0 Å². The molecule has 3 atom stereocenters. The Morgan fingerprint density at radius 1 is 1.25 bits per heavy atom. The Bertz CT molecular complexity index is 210. The van der Waals surface area contributed by atoms with Gasteiger partial charge in [0.05, 0.1) is 5.60 Å². The van der Waals surface area contributed by atoms with Crippen molar-refractivity contribution >= 4 is 0 Å². The summed E-state index contributed by atoms with van der Waals surface area (Å²) in [6.07, 6.45) is 2.73. The number of nitrogens with one attached hydrogen (secondary N) is 1. The summed E-state index contributed by atoms with van der Waals surface area (Å²) >= 11 is 0. The summed E-state index contributed by atoms with van der Waals surface area (Å²) in [5.41, 5.74) is -0.303. The van der Waals surface area contributed by atoms with E-state index in [1.165, 1.54) is 6.42 Å². The highest BCUT2D eigenvalue weighted by Gasteiger charge is 2.28. The molecule has 3 nitrogen and oxygen atoms in total. The second-order valence-corrected chi connectivity index (χ2v) is 6.26. The molecule has 0 aliphatic heterocycles. The lowest BCUT2D eigenvalue weighted by Gasteiger charge is -2.26. The van der Waals surface area contributed by atoms with Crippen LogP contribution in [0.5, 0.6) is 0 Å². The summed E-state index contributed by atoms with van der Waals surface area (Å²) in [5.74, 6) is 1.53. The van der Waals surface area contributed by atoms with E-state index in [2.05, 4.69) is 19.2 Å². The van der Waals surface area contributed by atoms with Crippen LogP contribution >= 0.6 is 0 Å². The topological polar surface area (TPSA) is 41.5 Å². The summed E-state index contributed by atoms with van der Waals surface area (Å²) in [7, 11) is 0. The fraction of sp³-hybridized carbons (Fsp3) is 1.00. The largest absolute Gasteiger partial charge is 0.356 e. The van der Waals surface area contributed by atoms with Gasteiger partial charge in [-0.1, -0.05) is 13.8 Å². The summed E-state index contributed by atoms with van der Waals surface area (Å²) in [4.78, 5) is 0. The molecule has 1 aliphatic rings. The van der Waals surface area contributed by atoms with Crippen LogP contribution in [0.1, 0.15) is 53.9 Å². The van der Waals surface area contributed by atoms with E-state index in [1.807, 2.05) is 20.8 Å². The molecule has 1 saturated carbocycles. The molecule has 0 saturated heterocycles. The Balaban J connectivity index is 2.28. The van der Waals surface area contributed by atoms with E-state index in [9.17, 15) is 5.11 Å². The molecule has 3 unspecified atom stereocenters. The minimum absolute atomic E-state index is 0.303. The number of aliphatic hydroxyl groups is 1. The molecular formula is C13H27NO2. The van der Waals surface area contributed by atoms with Crippen molar-refractivity contribution in [2.24, 2.45) is 11.8 Å². The third-order valence-electron chi connectivity index (χ3n) is 3.26. The zero-order chi connectivity index (χ0) is 12.3. The van der Waals surface area contributed by atoms with Gasteiger partial charge in [0.1, 0.15) is 0 Å². The fourth-order valence-corrected chi connectivity index (χ4v) is 2.34. The van der Waals surface area contributed by atoms with E-state index in [4.69, 9.17) is 4.74 Å². The van der Waals surface area contributed by atoms with Crippen molar-refractivity contribution in [1.82, 2.24) is 5.32 Å². The van der Waals surface area contributed by atoms with Crippen LogP contribution in [-0.4, -0.2) is 23.2 Å². The van der Waals surface area contributed by atoms with Gasteiger partial charge in [0.15, 0.2) is 0 Å². The molecular weight excluding hydrogens is 202 g/mol. The predicted octanol–water partition coefficient (Wildman–Crippen LogP) is 2.49. The molecule has 0 spiro atoms. The zero-order valence-corrected chi connectivity index (χ0v) is 11.3.